The molecule has 0 radical (unpaired) electrons. The summed E-state index contributed by atoms with van der Waals surface area (Å²) in [5.41, 5.74) is 2.48. The molecule has 124 valence electrons. The van der Waals surface area contributed by atoms with Crippen LogP contribution in [0.4, 0.5) is 4.79 Å². The molecule has 0 aliphatic rings. The van der Waals surface area contributed by atoms with E-state index in [1.165, 1.54) is 11.1 Å². The molecule has 0 spiro atoms. The Hall–Kier alpha value is -2.23. The zero-order chi connectivity index (χ0) is 16.8. The van der Waals surface area contributed by atoms with Crippen LogP contribution in [0, 0.1) is 13.8 Å². The molecule has 0 fully saturated rings. The maximum atomic E-state index is 12.4. The predicted octanol–water partition coefficient (Wildman–Crippen LogP) is 4.06. The summed E-state index contributed by atoms with van der Waals surface area (Å²) in [5, 5.41) is 3.00. The fourth-order valence-corrected chi connectivity index (χ4v) is 2.40. The highest BCUT2D eigenvalue weighted by Gasteiger charge is 2.18. The number of amides is 2. The normalized spacial score (nSPS) is 10.8. The molecule has 1 aromatic heterocycles. The van der Waals surface area contributed by atoms with Gasteiger partial charge in [-0.2, -0.15) is 0 Å². The van der Waals surface area contributed by atoms with E-state index >= 15 is 0 Å². The van der Waals surface area contributed by atoms with Gasteiger partial charge in [-0.05, 0) is 51.8 Å². The smallest absolute Gasteiger partial charge is 0.318 e. The van der Waals surface area contributed by atoms with E-state index < -0.39 is 0 Å². The number of nitrogens with zero attached hydrogens (tertiary/aromatic N) is 1. The van der Waals surface area contributed by atoms with Crippen molar-refractivity contribution in [3.8, 4) is 0 Å². The Balaban J connectivity index is 1.86. The number of aryl methyl sites for hydroxylation is 2. The highest BCUT2D eigenvalue weighted by molar-refractivity contribution is 5.74. The maximum absolute atomic E-state index is 12.4. The molecule has 23 heavy (non-hydrogen) atoms. The molecule has 4 nitrogen and oxygen atoms in total. The first-order valence-electron chi connectivity index (χ1n) is 8.11. The molecule has 2 rings (SSSR count). The Bertz CT molecular complexity index is 629. The number of carbonyl (C=O) groups excluding carboxylic acids is 1. The van der Waals surface area contributed by atoms with Crippen LogP contribution in [0.1, 0.15) is 36.5 Å². The molecule has 1 N–H and O–H groups in total. The van der Waals surface area contributed by atoms with Crippen molar-refractivity contribution in [2.75, 3.05) is 6.54 Å². The van der Waals surface area contributed by atoms with Crippen LogP contribution in [-0.4, -0.2) is 23.5 Å². The van der Waals surface area contributed by atoms with Crippen molar-refractivity contribution < 1.29 is 9.21 Å². The van der Waals surface area contributed by atoms with E-state index in [-0.39, 0.29) is 12.1 Å². The van der Waals surface area contributed by atoms with Crippen molar-refractivity contribution in [3.63, 3.8) is 0 Å². The van der Waals surface area contributed by atoms with Crippen molar-refractivity contribution in [1.82, 2.24) is 10.2 Å². The van der Waals surface area contributed by atoms with Crippen molar-refractivity contribution in [3.05, 3.63) is 59.0 Å². The molecule has 1 heterocycles. The minimum atomic E-state index is -0.0545. The van der Waals surface area contributed by atoms with E-state index in [1.54, 1.807) is 4.90 Å². The lowest BCUT2D eigenvalue weighted by molar-refractivity contribution is 0.174. The van der Waals surface area contributed by atoms with Crippen molar-refractivity contribution in [1.29, 1.82) is 0 Å². The number of carbonyl (C=O) groups is 1. The third-order valence-corrected chi connectivity index (χ3v) is 3.82. The number of urea groups is 1. The van der Waals surface area contributed by atoms with Crippen molar-refractivity contribution >= 4 is 6.03 Å². The first-order chi connectivity index (χ1) is 11.0. The lowest BCUT2D eigenvalue weighted by Gasteiger charge is -2.26. The Morgan fingerprint density at radius 1 is 1.13 bits per heavy atom. The van der Waals surface area contributed by atoms with Gasteiger partial charge in [0.25, 0.3) is 0 Å². The fourth-order valence-electron chi connectivity index (χ4n) is 2.40. The van der Waals surface area contributed by atoms with E-state index in [1.807, 2.05) is 32.9 Å². The number of hydrogen-bond acceptors (Lipinski definition) is 2. The summed E-state index contributed by atoms with van der Waals surface area (Å²) in [6.07, 6.45) is 0.831. The van der Waals surface area contributed by atoms with Crippen LogP contribution in [0.3, 0.4) is 0 Å². The van der Waals surface area contributed by atoms with Gasteiger partial charge in [-0.3, -0.25) is 0 Å². The molecule has 1 aromatic carbocycles. The van der Waals surface area contributed by atoms with Crippen LogP contribution in [0.5, 0.6) is 0 Å². The van der Waals surface area contributed by atoms with E-state index in [2.05, 4.69) is 36.5 Å². The van der Waals surface area contributed by atoms with Gasteiger partial charge < -0.3 is 14.6 Å². The minimum Gasteiger partial charge on any atom is -0.464 e. The summed E-state index contributed by atoms with van der Waals surface area (Å²) < 4.78 is 5.58. The van der Waals surface area contributed by atoms with Gasteiger partial charge in [-0.15, -0.1) is 0 Å². The highest BCUT2D eigenvalue weighted by Crippen LogP contribution is 2.12. The second-order valence-electron chi connectivity index (χ2n) is 6.20. The summed E-state index contributed by atoms with van der Waals surface area (Å²) in [6, 6.07) is 12.3. The first kappa shape index (κ1) is 17.1. The number of benzene rings is 1. The Morgan fingerprint density at radius 3 is 2.39 bits per heavy atom. The molecule has 0 saturated heterocycles. The molecule has 0 aliphatic carbocycles. The molecule has 0 saturated carbocycles. The van der Waals surface area contributed by atoms with E-state index in [9.17, 15) is 4.79 Å². The molecule has 0 bridgehead atoms. The highest BCUT2D eigenvalue weighted by atomic mass is 16.3. The van der Waals surface area contributed by atoms with Crippen molar-refractivity contribution in [2.45, 2.75) is 46.7 Å². The molecule has 0 aliphatic heterocycles. The average molecular weight is 314 g/mol. The molecule has 2 amide bonds. The van der Waals surface area contributed by atoms with E-state index in [0.717, 1.165) is 17.9 Å². The van der Waals surface area contributed by atoms with Gasteiger partial charge in [0.05, 0.1) is 6.54 Å². The van der Waals surface area contributed by atoms with Gasteiger partial charge in [0.1, 0.15) is 11.5 Å². The molecular formula is C19H26N2O2. The van der Waals surface area contributed by atoms with Crippen LogP contribution in [0.2, 0.25) is 0 Å². The van der Waals surface area contributed by atoms with Gasteiger partial charge in [-0.25, -0.2) is 4.79 Å². The topological polar surface area (TPSA) is 45.5 Å². The molecule has 0 atom stereocenters. The third kappa shape index (κ3) is 5.16. The summed E-state index contributed by atoms with van der Waals surface area (Å²) in [4.78, 5) is 14.2. The molecular weight excluding hydrogens is 288 g/mol. The van der Waals surface area contributed by atoms with Crippen molar-refractivity contribution in [2.24, 2.45) is 0 Å². The zero-order valence-corrected chi connectivity index (χ0v) is 14.4. The molecule has 4 heteroatoms. The third-order valence-electron chi connectivity index (χ3n) is 3.82. The average Bonchev–Trinajstić information content (AvgIpc) is 2.92. The lowest BCUT2D eigenvalue weighted by Crippen LogP contribution is -2.44. The quantitative estimate of drug-likeness (QED) is 0.874. The Labute approximate surface area is 138 Å². The van der Waals surface area contributed by atoms with Gasteiger partial charge in [-0.1, -0.05) is 29.8 Å². The SMILES string of the molecule is Cc1ccc(CCNC(=O)N(Cc2ccc(C)o2)C(C)C)cc1. The number of hydrogen-bond donors (Lipinski definition) is 1. The number of nitrogens with one attached hydrogen (secondary N) is 1. The summed E-state index contributed by atoms with van der Waals surface area (Å²) in [5.74, 6) is 1.67. The maximum Gasteiger partial charge on any atom is 0.318 e. The van der Waals surface area contributed by atoms with Gasteiger partial charge in [0.15, 0.2) is 0 Å². The standard InChI is InChI=1S/C19H26N2O2/c1-14(2)21(13-18-10-7-16(4)23-18)19(22)20-12-11-17-8-5-15(3)6-9-17/h5-10,14H,11-13H2,1-4H3,(H,20,22). The fraction of sp³-hybridized carbons (Fsp3) is 0.421. The summed E-state index contributed by atoms with van der Waals surface area (Å²) in [7, 11) is 0. The van der Waals surface area contributed by atoms with Crippen LogP contribution in [0.25, 0.3) is 0 Å². The summed E-state index contributed by atoms with van der Waals surface area (Å²) in [6.45, 7) is 9.11. The zero-order valence-electron chi connectivity index (χ0n) is 14.4. The van der Waals surface area contributed by atoms with Crippen LogP contribution in [0.15, 0.2) is 40.8 Å². The number of furan rings is 1. The first-order valence-corrected chi connectivity index (χ1v) is 8.11. The lowest BCUT2D eigenvalue weighted by atomic mass is 10.1. The summed E-state index contributed by atoms with van der Waals surface area (Å²) >= 11 is 0. The van der Waals surface area contributed by atoms with Crippen LogP contribution >= 0.6 is 0 Å². The molecule has 0 unspecified atom stereocenters. The monoisotopic (exact) mass is 314 g/mol. The van der Waals surface area contributed by atoms with Gasteiger partial charge >= 0.3 is 6.03 Å². The van der Waals surface area contributed by atoms with E-state index in [4.69, 9.17) is 4.42 Å². The van der Waals surface area contributed by atoms with Gasteiger partial charge in [0.2, 0.25) is 0 Å². The predicted molar refractivity (Wildman–Crippen MR) is 92.4 cm³/mol. The second-order valence-corrected chi connectivity index (χ2v) is 6.20. The Kier molecular flexibility index (Phi) is 5.85. The number of rotatable bonds is 6. The molecule has 2 aromatic rings. The minimum absolute atomic E-state index is 0.0545. The Morgan fingerprint density at radius 2 is 1.83 bits per heavy atom. The van der Waals surface area contributed by atoms with Gasteiger partial charge in [0, 0.05) is 12.6 Å². The van der Waals surface area contributed by atoms with Crippen LogP contribution < -0.4 is 5.32 Å². The van der Waals surface area contributed by atoms with E-state index in [0.29, 0.717) is 13.1 Å². The van der Waals surface area contributed by atoms with Crippen LogP contribution in [-0.2, 0) is 13.0 Å². The second kappa shape index (κ2) is 7.86. The largest absolute Gasteiger partial charge is 0.464 e.